The minimum absolute atomic E-state index is 0.100. The molecule has 0 aliphatic rings. The molecule has 0 atom stereocenters. The van der Waals surface area contributed by atoms with Crippen LogP contribution in [0.15, 0.2) is 24.5 Å². The van der Waals surface area contributed by atoms with Crippen molar-refractivity contribution in [2.75, 3.05) is 0 Å². The number of hydrogen-bond donors (Lipinski definition) is 1. The van der Waals surface area contributed by atoms with E-state index in [9.17, 15) is 4.79 Å². The lowest BCUT2D eigenvalue weighted by molar-refractivity contribution is -0.137. The second-order valence-corrected chi connectivity index (χ2v) is 3.28. The fraction of sp³-hybridized carbons (Fsp3) is 0.111. The van der Waals surface area contributed by atoms with Crippen molar-refractivity contribution in [3.05, 3.63) is 29.5 Å². The van der Waals surface area contributed by atoms with Crippen LogP contribution in [-0.4, -0.2) is 20.6 Å². The summed E-state index contributed by atoms with van der Waals surface area (Å²) in [7, 11) is 0. The van der Waals surface area contributed by atoms with Crippen molar-refractivity contribution >= 4 is 28.6 Å². The molecule has 0 radical (unpaired) electrons. The molecule has 0 amide bonds. The van der Waals surface area contributed by atoms with Crippen LogP contribution in [0.5, 0.6) is 0 Å². The maximum Gasteiger partial charge on any atom is 0.323 e. The van der Waals surface area contributed by atoms with Gasteiger partial charge in [0.15, 0.2) is 0 Å². The molecular formula is C9H7ClN2O2. The van der Waals surface area contributed by atoms with E-state index in [1.165, 1.54) is 6.33 Å². The number of aliphatic carboxylic acids is 1. The Balaban J connectivity index is 2.58. The molecule has 14 heavy (non-hydrogen) atoms. The van der Waals surface area contributed by atoms with Crippen molar-refractivity contribution < 1.29 is 9.90 Å². The zero-order valence-corrected chi connectivity index (χ0v) is 7.90. The Labute approximate surface area is 84.7 Å². The normalized spacial score (nSPS) is 10.6. The van der Waals surface area contributed by atoms with Crippen molar-refractivity contribution in [2.24, 2.45) is 0 Å². The van der Waals surface area contributed by atoms with E-state index in [1.54, 1.807) is 22.8 Å². The number of fused-ring (bicyclic) bond motifs is 1. The first-order valence-corrected chi connectivity index (χ1v) is 4.37. The summed E-state index contributed by atoms with van der Waals surface area (Å²) in [5.74, 6) is -0.899. The van der Waals surface area contributed by atoms with Gasteiger partial charge in [-0.1, -0.05) is 17.7 Å². The summed E-state index contributed by atoms with van der Waals surface area (Å²) in [6, 6.07) is 5.28. The van der Waals surface area contributed by atoms with Crippen molar-refractivity contribution in [1.29, 1.82) is 0 Å². The third-order valence-electron chi connectivity index (χ3n) is 1.91. The van der Waals surface area contributed by atoms with Crippen molar-refractivity contribution in [1.82, 2.24) is 9.55 Å². The lowest BCUT2D eigenvalue weighted by Gasteiger charge is -1.99. The summed E-state index contributed by atoms with van der Waals surface area (Å²) in [5.41, 5.74) is 1.37. The van der Waals surface area contributed by atoms with Crippen LogP contribution in [0.2, 0.25) is 5.02 Å². The van der Waals surface area contributed by atoms with Crippen molar-refractivity contribution in [2.45, 2.75) is 6.54 Å². The molecule has 0 aliphatic heterocycles. The number of imidazole rings is 1. The average Bonchev–Trinajstić information content (AvgIpc) is 2.49. The first kappa shape index (κ1) is 9.02. The molecule has 0 fully saturated rings. The highest BCUT2D eigenvalue weighted by Crippen LogP contribution is 2.21. The fourth-order valence-corrected chi connectivity index (χ4v) is 1.54. The van der Waals surface area contributed by atoms with Crippen molar-refractivity contribution in [3.63, 3.8) is 0 Å². The van der Waals surface area contributed by atoms with Gasteiger partial charge in [0.25, 0.3) is 0 Å². The number of para-hydroxylation sites is 1. The summed E-state index contributed by atoms with van der Waals surface area (Å²) in [6.45, 7) is -0.100. The first-order chi connectivity index (χ1) is 6.68. The monoisotopic (exact) mass is 210 g/mol. The molecular weight excluding hydrogens is 204 g/mol. The molecule has 0 unspecified atom stereocenters. The van der Waals surface area contributed by atoms with Gasteiger partial charge in [-0.25, -0.2) is 4.98 Å². The standard InChI is InChI=1S/C9H7ClN2O2/c10-6-2-1-3-7-9(6)11-5-12(7)4-8(13)14/h1-3,5H,4H2,(H,13,14). The van der Waals surface area contributed by atoms with Crippen LogP contribution < -0.4 is 0 Å². The third kappa shape index (κ3) is 1.44. The van der Waals surface area contributed by atoms with E-state index in [2.05, 4.69) is 4.98 Å². The molecule has 72 valence electrons. The Bertz CT molecular complexity index is 493. The van der Waals surface area contributed by atoms with Crippen LogP contribution in [0, 0.1) is 0 Å². The van der Waals surface area contributed by atoms with Gasteiger partial charge in [-0.15, -0.1) is 0 Å². The molecule has 0 saturated carbocycles. The molecule has 0 spiro atoms. The highest BCUT2D eigenvalue weighted by molar-refractivity contribution is 6.34. The summed E-state index contributed by atoms with van der Waals surface area (Å²) < 4.78 is 1.55. The van der Waals surface area contributed by atoms with E-state index in [1.807, 2.05) is 0 Å². The lowest BCUT2D eigenvalue weighted by Crippen LogP contribution is -2.07. The average molecular weight is 211 g/mol. The number of carboxylic acids is 1. The Morgan fingerprint density at radius 3 is 3.07 bits per heavy atom. The minimum atomic E-state index is -0.899. The molecule has 2 rings (SSSR count). The number of hydrogen-bond acceptors (Lipinski definition) is 2. The number of halogens is 1. The quantitative estimate of drug-likeness (QED) is 0.822. The molecule has 5 heteroatoms. The molecule has 4 nitrogen and oxygen atoms in total. The van der Waals surface area contributed by atoms with Crippen LogP contribution in [0.3, 0.4) is 0 Å². The molecule has 1 aromatic heterocycles. The SMILES string of the molecule is O=C(O)Cn1cnc2c(Cl)cccc21. The van der Waals surface area contributed by atoms with Gasteiger partial charge < -0.3 is 9.67 Å². The topological polar surface area (TPSA) is 55.1 Å². The second kappa shape index (κ2) is 3.31. The Morgan fingerprint density at radius 2 is 2.36 bits per heavy atom. The van der Waals surface area contributed by atoms with Gasteiger partial charge in [0.1, 0.15) is 12.1 Å². The smallest absolute Gasteiger partial charge is 0.323 e. The number of aromatic nitrogens is 2. The van der Waals surface area contributed by atoms with Crippen LogP contribution in [0.25, 0.3) is 11.0 Å². The maximum absolute atomic E-state index is 10.5. The summed E-state index contributed by atoms with van der Waals surface area (Å²) in [4.78, 5) is 14.6. The van der Waals surface area contributed by atoms with Gasteiger partial charge in [0, 0.05) is 0 Å². The molecule has 1 aromatic carbocycles. The second-order valence-electron chi connectivity index (χ2n) is 2.87. The Morgan fingerprint density at radius 1 is 1.57 bits per heavy atom. The zero-order valence-electron chi connectivity index (χ0n) is 7.14. The fourth-order valence-electron chi connectivity index (χ4n) is 1.32. The molecule has 0 aliphatic carbocycles. The van der Waals surface area contributed by atoms with E-state index in [-0.39, 0.29) is 6.54 Å². The largest absolute Gasteiger partial charge is 0.480 e. The number of carbonyl (C=O) groups is 1. The Kier molecular flexibility index (Phi) is 2.13. The third-order valence-corrected chi connectivity index (χ3v) is 2.21. The maximum atomic E-state index is 10.5. The Hall–Kier alpha value is -1.55. The van der Waals surface area contributed by atoms with E-state index in [0.29, 0.717) is 10.5 Å². The summed E-state index contributed by atoms with van der Waals surface area (Å²) in [5, 5.41) is 9.17. The number of rotatable bonds is 2. The van der Waals surface area contributed by atoms with E-state index in [4.69, 9.17) is 16.7 Å². The minimum Gasteiger partial charge on any atom is -0.480 e. The predicted octanol–water partition coefficient (Wildman–Crippen LogP) is 1.77. The van der Waals surface area contributed by atoms with E-state index >= 15 is 0 Å². The van der Waals surface area contributed by atoms with Crippen LogP contribution >= 0.6 is 11.6 Å². The van der Waals surface area contributed by atoms with Crippen molar-refractivity contribution in [3.8, 4) is 0 Å². The number of carboxylic acid groups (broad SMARTS) is 1. The summed E-state index contributed by atoms with van der Waals surface area (Å²) >= 11 is 5.88. The molecule has 1 heterocycles. The lowest BCUT2D eigenvalue weighted by atomic mass is 10.3. The molecule has 1 N–H and O–H groups in total. The predicted molar refractivity (Wildman–Crippen MR) is 52.4 cm³/mol. The molecule has 0 bridgehead atoms. The number of nitrogens with zero attached hydrogens (tertiary/aromatic N) is 2. The molecule has 0 saturated heterocycles. The van der Waals surface area contributed by atoms with Crippen LogP contribution in [0.4, 0.5) is 0 Å². The van der Waals surface area contributed by atoms with Gasteiger partial charge in [0.2, 0.25) is 0 Å². The van der Waals surface area contributed by atoms with E-state index < -0.39 is 5.97 Å². The van der Waals surface area contributed by atoms with E-state index in [0.717, 1.165) is 5.52 Å². The first-order valence-electron chi connectivity index (χ1n) is 3.99. The number of benzene rings is 1. The van der Waals surface area contributed by atoms with Gasteiger partial charge in [-0.2, -0.15) is 0 Å². The molecule has 2 aromatic rings. The van der Waals surface area contributed by atoms with Gasteiger partial charge in [0.05, 0.1) is 16.9 Å². The van der Waals surface area contributed by atoms with Gasteiger partial charge in [-0.3, -0.25) is 4.79 Å². The zero-order chi connectivity index (χ0) is 10.1. The highest BCUT2D eigenvalue weighted by Gasteiger charge is 2.07. The van der Waals surface area contributed by atoms with Gasteiger partial charge >= 0.3 is 5.97 Å². The summed E-state index contributed by atoms with van der Waals surface area (Å²) in [6.07, 6.45) is 1.48. The van der Waals surface area contributed by atoms with Crippen LogP contribution in [-0.2, 0) is 11.3 Å². The van der Waals surface area contributed by atoms with Crippen LogP contribution in [0.1, 0.15) is 0 Å². The van der Waals surface area contributed by atoms with Gasteiger partial charge in [-0.05, 0) is 12.1 Å². The highest BCUT2D eigenvalue weighted by atomic mass is 35.5.